The van der Waals surface area contributed by atoms with Crippen LogP contribution in [0.5, 0.6) is 0 Å². The molecular weight excluding hydrogens is 633 g/mol. The Kier molecular flexibility index (Phi) is 12.8. The van der Waals surface area contributed by atoms with Crippen molar-refractivity contribution in [2.45, 2.75) is 34.2 Å². The van der Waals surface area contributed by atoms with Gasteiger partial charge in [-0.3, -0.25) is 14.4 Å². The highest BCUT2D eigenvalue weighted by Gasteiger charge is 2.32. The van der Waals surface area contributed by atoms with Crippen molar-refractivity contribution in [2.24, 2.45) is 0 Å². The number of rotatable bonds is 13. The largest absolute Gasteiger partial charge is 0.467 e. The summed E-state index contributed by atoms with van der Waals surface area (Å²) in [4.78, 5) is 49.0. The summed E-state index contributed by atoms with van der Waals surface area (Å²) in [5, 5.41) is 26.5. The average molecular weight is 661 g/mol. The molecule has 0 saturated heterocycles. The van der Waals surface area contributed by atoms with Crippen molar-refractivity contribution in [3.8, 4) is 0 Å². The Labute approximate surface area is 235 Å². The molecule has 2 aromatic rings. The van der Waals surface area contributed by atoms with Crippen molar-refractivity contribution in [2.75, 3.05) is 20.3 Å². The highest BCUT2D eigenvalue weighted by molar-refractivity contribution is 9.12. The van der Waals surface area contributed by atoms with Crippen LogP contribution in [-0.2, 0) is 30.3 Å². The predicted octanol–water partition coefficient (Wildman–Crippen LogP) is 0.880. The van der Waals surface area contributed by atoms with E-state index in [0.717, 1.165) is 7.11 Å². The summed E-state index contributed by atoms with van der Waals surface area (Å²) in [6, 6.07) is 10.2. The van der Waals surface area contributed by atoms with Crippen LogP contribution in [0.15, 0.2) is 54.6 Å². The molecule has 2 rings (SSSR count). The number of benzene rings is 2. The fourth-order valence-corrected chi connectivity index (χ4v) is 4.30. The molecule has 2 unspecified atom stereocenters. The number of aliphatic hydroxyl groups excluding tert-OH is 2. The number of carbonyl (C=O) groups is 4. The summed E-state index contributed by atoms with van der Waals surface area (Å²) < 4.78 is 17.8. The van der Waals surface area contributed by atoms with Crippen molar-refractivity contribution in [3.05, 3.63) is 71.5 Å². The van der Waals surface area contributed by atoms with Gasteiger partial charge in [-0.25, -0.2) is 9.18 Å². The lowest BCUT2D eigenvalue weighted by molar-refractivity contribution is -0.146. The third kappa shape index (κ3) is 9.15. The molecule has 0 aromatic heterocycles. The van der Waals surface area contributed by atoms with Gasteiger partial charge < -0.3 is 30.9 Å². The Hall–Kier alpha value is -2.87. The minimum Gasteiger partial charge on any atom is -0.467 e. The molecule has 0 heterocycles. The van der Waals surface area contributed by atoms with Crippen LogP contribution < -0.4 is 16.0 Å². The number of hydrogen-bond donors (Lipinski definition) is 5. The first-order chi connectivity index (χ1) is 18.1. The second kappa shape index (κ2) is 15.5. The first-order valence-electron chi connectivity index (χ1n) is 11.4. The van der Waals surface area contributed by atoms with Crippen molar-refractivity contribution >= 4 is 55.6 Å². The van der Waals surface area contributed by atoms with Crippen LogP contribution in [0.2, 0.25) is 0 Å². The lowest BCUT2D eigenvalue weighted by atomic mass is 10.0. The van der Waals surface area contributed by atoms with E-state index in [1.54, 1.807) is 30.3 Å². The first kappa shape index (κ1) is 31.3. The van der Waals surface area contributed by atoms with Crippen LogP contribution in [0.1, 0.15) is 16.0 Å². The second-order valence-electron chi connectivity index (χ2n) is 8.12. The van der Waals surface area contributed by atoms with Crippen LogP contribution >= 0.6 is 31.9 Å². The number of esters is 1. The van der Waals surface area contributed by atoms with Gasteiger partial charge >= 0.3 is 5.97 Å². The third-order valence-corrected chi connectivity index (χ3v) is 8.12. The second-order valence-corrected chi connectivity index (χ2v) is 10.1. The molecule has 5 N–H and O–H groups in total. The molecule has 38 heavy (non-hydrogen) atoms. The number of aliphatic hydroxyl groups is 2. The summed E-state index contributed by atoms with van der Waals surface area (Å²) >= 11 is 6.61. The zero-order valence-electron chi connectivity index (χ0n) is 20.3. The van der Waals surface area contributed by atoms with E-state index < -0.39 is 70.5 Å². The molecule has 0 radical (unpaired) electrons. The molecule has 10 nitrogen and oxygen atoms in total. The van der Waals surface area contributed by atoms with E-state index in [-0.39, 0.29) is 6.42 Å². The molecule has 5 atom stereocenters. The number of alkyl halides is 2. The molecule has 0 spiro atoms. The van der Waals surface area contributed by atoms with E-state index in [4.69, 9.17) is 0 Å². The number of methoxy groups -OCH3 is 1. The molecule has 3 amide bonds. The van der Waals surface area contributed by atoms with Gasteiger partial charge in [0.1, 0.15) is 22.7 Å². The van der Waals surface area contributed by atoms with Gasteiger partial charge in [-0.1, -0.05) is 74.3 Å². The van der Waals surface area contributed by atoms with Crippen LogP contribution in [-0.4, -0.2) is 77.2 Å². The Balaban J connectivity index is 2.14. The van der Waals surface area contributed by atoms with Crippen molar-refractivity contribution in [1.29, 1.82) is 0 Å². The Morgan fingerprint density at radius 3 is 1.89 bits per heavy atom. The van der Waals surface area contributed by atoms with Gasteiger partial charge in [-0.15, -0.1) is 0 Å². The number of hydrogen-bond acceptors (Lipinski definition) is 7. The molecule has 0 aliphatic carbocycles. The summed E-state index contributed by atoms with van der Waals surface area (Å²) in [5.41, 5.74) is 1.27. The zero-order chi connectivity index (χ0) is 28.2. The summed E-state index contributed by atoms with van der Waals surface area (Å²) in [7, 11) is 1.10. The summed E-state index contributed by atoms with van der Waals surface area (Å²) in [5.74, 6) is -3.61. The number of halogens is 3. The maximum atomic E-state index is 13.2. The highest BCUT2D eigenvalue weighted by atomic mass is 79.9. The number of nitrogens with one attached hydrogen (secondary N) is 3. The normalized spacial score (nSPS) is 14.8. The monoisotopic (exact) mass is 659 g/mol. The van der Waals surface area contributed by atoms with Gasteiger partial charge in [0.05, 0.1) is 25.2 Å². The fourth-order valence-electron chi connectivity index (χ4n) is 3.32. The highest BCUT2D eigenvalue weighted by Crippen LogP contribution is 2.31. The standard InChI is InChI=1S/C25H28Br2FN3O7/c1-38-25(37)19(13-33)31-22(34)17(11-14-5-3-2-4-6-14)29-23(35)18(12-32)30-24(36)21(27)20(26)15-7-9-16(28)10-8-15/h2-10,17-21,32-33H,11-13H2,1H3,(H,29,35)(H,30,36)(H,31,34)/t17-,18-,19-,20?,21?/m0/s1. The van der Waals surface area contributed by atoms with E-state index in [1.165, 1.54) is 24.3 Å². The lowest BCUT2D eigenvalue weighted by Gasteiger charge is -2.25. The van der Waals surface area contributed by atoms with E-state index in [2.05, 4.69) is 52.5 Å². The van der Waals surface area contributed by atoms with Crippen molar-refractivity contribution in [3.63, 3.8) is 0 Å². The topological polar surface area (TPSA) is 154 Å². The van der Waals surface area contributed by atoms with E-state index in [9.17, 15) is 33.8 Å². The average Bonchev–Trinajstić information content (AvgIpc) is 2.93. The molecule has 206 valence electrons. The Morgan fingerprint density at radius 1 is 0.816 bits per heavy atom. The fraction of sp³-hybridized carbons (Fsp3) is 0.360. The molecule has 0 saturated carbocycles. The lowest BCUT2D eigenvalue weighted by Crippen LogP contribution is -2.58. The first-order valence-corrected chi connectivity index (χ1v) is 13.2. The molecule has 0 aliphatic rings. The minimum absolute atomic E-state index is 0.0128. The third-order valence-electron chi connectivity index (χ3n) is 5.41. The molecule has 13 heteroatoms. The number of amides is 3. The summed E-state index contributed by atoms with van der Waals surface area (Å²) in [6.45, 7) is -1.50. The van der Waals surface area contributed by atoms with Gasteiger partial charge in [-0.05, 0) is 23.3 Å². The maximum Gasteiger partial charge on any atom is 0.330 e. The minimum atomic E-state index is -1.42. The van der Waals surface area contributed by atoms with Crippen LogP contribution in [0.4, 0.5) is 4.39 Å². The van der Waals surface area contributed by atoms with E-state index in [1.807, 2.05) is 0 Å². The number of ether oxygens (including phenoxy) is 1. The van der Waals surface area contributed by atoms with Gasteiger partial charge in [0.15, 0.2) is 6.04 Å². The molecular formula is C25H28Br2FN3O7. The SMILES string of the molecule is COC(=O)[C@H](CO)NC(=O)[C@H](Cc1ccccc1)NC(=O)[C@H](CO)NC(=O)C(Br)C(Br)c1ccc(F)cc1. The Morgan fingerprint density at radius 2 is 1.34 bits per heavy atom. The molecule has 0 aliphatic heterocycles. The predicted molar refractivity (Wildman–Crippen MR) is 143 cm³/mol. The quantitative estimate of drug-likeness (QED) is 0.158. The zero-order valence-corrected chi connectivity index (χ0v) is 23.4. The van der Waals surface area contributed by atoms with Gasteiger partial charge in [0.2, 0.25) is 17.7 Å². The maximum absolute atomic E-state index is 13.2. The van der Waals surface area contributed by atoms with Crippen LogP contribution in [0.3, 0.4) is 0 Å². The van der Waals surface area contributed by atoms with Crippen LogP contribution in [0, 0.1) is 5.82 Å². The van der Waals surface area contributed by atoms with E-state index in [0.29, 0.717) is 11.1 Å². The van der Waals surface area contributed by atoms with Crippen molar-refractivity contribution < 1.29 is 38.5 Å². The van der Waals surface area contributed by atoms with E-state index >= 15 is 0 Å². The number of carbonyl (C=O) groups excluding carboxylic acids is 4. The summed E-state index contributed by atoms with van der Waals surface area (Å²) in [6.07, 6.45) is 0.0128. The van der Waals surface area contributed by atoms with Gasteiger partial charge in [0, 0.05) is 6.42 Å². The van der Waals surface area contributed by atoms with Crippen LogP contribution in [0.25, 0.3) is 0 Å². The van der Waals surface area contributed by atoms with Gasteiger partial charge in [-0.2, -0.15) is 0 Å². The van der Waals surface area contributed by atoms with Crippen molar-refractivity contribution in [1.82, 2.24) is 16.0 Å². The van der Waals surface area contributed by atoms with Gasteiger partial charge in [0.25, 0.3) is 0 Å². The Bertz CT molecular complexity index is 1090. The molecule has 2 aromatic carbocycles. The molecule has 0 fully saturated rings. The molecule has 0 bridgehead atoms. The smallest absolute Gasteiger partial charge is 0.330 e.